The number of aromatic nitrogens is 1. The average Bonchev–Trinajstić information content (AvgIpc) is 3.69. The molecule has 0 N–H and O–H groups in total. The summed E-state index contributed by atoms with van der Waals surface area (Å²) in [6, 6.07) is 92.2. The molecular formula is C60H42N2. The first-order valence-corrected chi connectivity index (χ1v) is 21.3. The van der Waals surface area contributed by atoms with E-state index in [-0.39, 0.29) is 0 Å². The van der Waals surface area contributed by atoms with E-state index in [9.17, 15) is 0 Å². The molecule has 1 heterocycles. The SMILES string of the molecule is c1ccc(-c2ccc(-c3ccccc3N(c3ccc4c5ccccc5n(-c5ccccc5)c4c3)c3cccc(-c4ccccc4)c3-c3ccccc3-c3ccccc3)cc2)cc1. The molecule has 1 aromatic heterocycles. The number of fused-ring (bicyclic) bond motifs is 3. The highest BCUT2D eigenvalue weighted by atomic mass is 15.2. The van der Waals surface area contributed by atoms with Crippen LogP contribution < -0.4 is 4.90 Å². The van der Waals surface area contributed by atoms with Crippen molar-refractivity contribution in [1.29, 1.82) is 0 Å². The van der Waals surface area contributed by atoms with E-state index in [4.69, 9.17) is 0 Å². The summed E-state index contributed by atoms with van der Waals surface area (Å²) < 4.78 is 2.41. The van der Waals surface area contributed by atoms with Crippen LogP contribution in [0.1, 0.15) is 0 Å². The van der Waals surface area contributed by atoms with Gasteiger partial charge >= 0.3 is 0 Å². The average molecular weight is 791 g/mol. The number of rotatable bonds is 9. The molecule has 0 unspecified atom stereocenters. The minimum Gasteiger partial charge on any atom is -0.309 e. The lowest BCUT2D eigenvalue weighted by Gasteiger charge is -2.31. The summed E-state index contributed by atoms with van der Waals surface area (Å²) in [6.45, 7) is 0. The van der Waals surface area contributed by atoms with Crippen molar-refractivity contribution < 1.29 is 0 Å². The standard InChI is InChI=1S/C60H42N2/c1-5-20-43(21-6-1)44-36-38-47(39-37-44)51-29-15-17-33-56(51)62(49-40-41-54-53-30-16-18-34-57(53)61(59(54)42-49)48-26-11-4-12-27-48)58-35-19-32-52(46-24-9-3-10-25-46)60(58)55-31-14-13-28-50(55)45-22-7-2-8-23-45/h1-42H. The van der Waals surface area contributed by atoms with Gasteiger partial charge in [0.2, 0.25) is 0 Å². The summed E-state index contributed by atoms with van der Waals surface area (Å²) in [4.78, 5) is 2.50. The maximum atomic E-state index is 2.50. The van der Waals surface area contributed by atoms with Crippen LogP contribution in [-0.4, -0.2) is 4.57 Å². The second-order valence-corrected chi connectivity index (χ2v) is 15.7. The number of benzene rings is 10. The molecule has 0 bridgehead atoms. The first-order chi connectivity index (χ1) is 30.8. The van der Waals surface area contributed by atoms with Crippen LogP contribution in [0, 0.1) is 0 Å². The fourth-order valence-electron chi connectivity index (χ4n) is 9.19. The maximum Gasteiger partial charge on any atom is 0.0561 e. The van der Waals surface area contributed by atoms with Gasteiger partial charge in [0.15, 0.2) is 0 Å². The zero-order chi connectivity index (χ0) is 41.2. The molecule has 0 spiro atoms. The number of hydrogen-bond donors (Lipinski definition) is 0. The summed E-state index contributed by atoms with van der Waals surface area (Å²) >= 11 is 0. The largest absolute Gasteiger partial charge is 0.309 e. The van der Waals surface area contributed by atoms with Crippen LogP contribution in [-0.2, 0) is 0 Å². The van der Waals surface area contributed by atoms with Crippen LogP contribution in [0.25, 0.3) is 83.1 Å². The molecule has 0 fully saturated rings. The van der Waals surface area contributed by atoms with Crippen LogP contribution in [0.2, 0.25) is 0 Å². The van der Waals surface area contributed by atoms with Crippen molar-refractivity contribution in [3.05, 3.63) is 255 Å². The summed E-state index contributed by atoms with van der Waals surface area (Å²) in [7, 11) is 0. The highest BCUT2D eigenvalue weighted by Crippen LogP contribution is 2.50. The second-order valence-electron chi connectivity index (χ2n) is 15.7. The van der Waals surface area contributed by atoms with Gasteiger partial charge in [0.1, 0.15) is 0 Å². The molecule has 0 saturated carbocycles. The van der Waals surface area contributed by atoms with Crippen LogP contribution >= 0.6 is 0 Å². The molecule has 11 aromatic rings. The highest BCUT2D eigenvalue weighted by Gasteiger charge is 2.25. The lowest BCUT2D eigenvalue weighted by molar-refractivity contribution is 1.18. The van der Waals surface area contributed by atoms with Gasteiger partial charge in [0.05, 0.1) is 22.4 Å². The molecule has 0 aliphatic heterocycles. The Morgan fingerprint density at radius 3 is 1.45 bits per heavy atom. The summed E-state index contributed by atoms with van der Waals surface area (Å²) in [6.07, 6.45) is 0. The molecule has 11 rings (SSSR count). The summed E-state index contributed by atoms with van der Waals surface area (Å²) in [5.41, 5.74) is 18.4. The van der Waals surface area contributed by atoms with Crippen LogP contribution in [0.4, 0.5) is 17.1 Å². The number of para-hydroxylation sites is 3. The Hall–Kier alpha value is -8.20. The third-order valence-corrected chi connectivity index (χ3v) is 12.0. The van der Waals surface area contributed by atoms with Crippen molar-refractivity contribution in [1.82, 2.24) is 4.57 Å². The molecule has 0 aliphatic rings. The number of nitrogens with zero attached hydrogens (tertiary/aromatic N) is 2. The first-order valence-electron chi connectivity index (χ1n) is 21.3. The van der Waals surface area contributed by atoms with Gasteiger partial charge in [0.25, 0.3) is 0 Å². The molecule has 0 saturated heterocycles. The molecule has 0 aliphatic carbocycles. The lowest BCUT2D eigenvalue weighted by Crippen LogP contribution is -2.13. The van der Waals surface area contributed by atoms with Gasteiger partial charge in [-0.3, -0.25) is 0 Å². The van der Waals surface area contributed by atoms with E-state index in [0.29, 0.717) is 0 Å². The summed E-state index contributed by atoms with van der Waals surface area (Å²) in [5, 5.41) is 2.44. The molecule has 62 heavy (non-hydrogen) atoms. The van der Waals surface area contributed by atoms with E-state index in [0.717, 1.165) is 50.5 Å². The molecule has 10 aromatic carbocycles. The van der Waals surface area contributed by atoms with E-state index in [1.54, 1.807) is 0 Å². The number of hydrogen-bond acceptors (Lipinski definition) is 1. The monoisotopic (exact) mass is 790 g/mol. The van der Waals surface area contributed by atoms with E-state index in [2.05, 4.69) is 264 Å². The normalized spacial score (nSPS) is 11.2. The molecule has 2 heteroatoms. The predicted molar refractivity (Wildman–Crippen MR) is 263 cm³/mol. The van der Waals surface area contributed by atoms with Crippen molar-refractivity contribution in [3.63, 3.8) is 0 Å². The third-order valence-electron chi connectivity index (χ3n) is 12.0. The van der Waals surface area contributed by atoms with Crippen LogP contribution in [0.5, 0.6) is 0 Å². The van der Waals surface area contributed by atoms with Gasteiger partial charge in [0, 0.05) is 33.3 Å². The van der Waals surface area contributed by atoms with Crippen molar-refractivity contribution in [2.75, 3.05) is 4.90 Å². The zero-order valence-electron chi connectivity index (χ0n) is 34.1. The Balaban J connectivity index is 1.22. The quantitative estimate of drug-likeness (QED) is 0.141. The van der Waals surface area contributed by atoms with E-state index >= 15 is 0 Å². The molecule has 0 atom stereocenters. The molecule has 0 amide bonds. The minimum atomic E-state index is 1.06. The van der Waals surface area contributed by atoms with Crippen molar-refractivity contribution in [2.45, 2.75) is 0 Å². The van der Waals surface area contributed by atoms with Gasteiger partial charge in [-0.25, -0.2) is 0 Å². The molecule has 0 radical (unpaired) electrons. The van der Waals surface area contributed by atoms with Crippen molar-refractivity contribution in [2.24, 2.45) is 0 Å². The van der Waals surface area contributed by atoms with Crippen molar-refractivity contribution in [3.8, 4) is 61.3 Å². The van der Waals surface area contributed by atoms with E-state index in [1.807, 2.05) is 0 Å². The van der Waals surface area contributed by atoms with Gasteiger partial charge in [-0.2, -0.15) is 0 Å². The van der Waals surface area contributed by atoms with E-state index < -0.39 is 0 Å². The van der Waals surface area contributed by atoms with Gasteiger partial charge in [-0.15, -0.1) is 0 Å². The topological polar surface area (TPSA) is 8.17 Å². The Bertz CT molecular complexity index is 3310. The minimum absolute atomic E-state index is 1.06. The smallest absolute Gasteiger partial charge is 0.0561 e. The fraction of sp³-hybridized carbons (Fsp3) is 0. The molecule has 292 valence electrons. The summed E-state index contributed by atoms with van der Waals surface area (Å²) in [5.74, 6) is 0. The highest BCUT2D eigenvalue weighted by molar-refractivity contribution is 6.11. The maximum absolute atomic E-state index is 2.50. The van der Waals surface area contributed by atoms with Crippen LogP contribution in [0.3, 0.4) is 0 Å². The zero-order valence-corrected chi connectivity index (χ0v) is 34.1. The van der Waals surface area contributed by atoms with Gasteiger partial charge in [-0.05, 0) is 87.0 Å². The second kappa shape index (κ2) is 16.1. The Kier molecular flexibility index (Phi) is 9.57. The third kappa shape index (κ3) is 6.65. The first kappa shape index (κ1) is 36.8. The van der Waals surface area contributed by atoms with Gasteiger partial charge < -0.3 is 9.47 Å². The number of anilines is 3. The Morgan fingerprint density at radius 2 is 0.742 bits per heavy atom. The fourth-order valence-corrected chi connectivity index (χ4v) is 9.19. The molecule has 2 nitrogen and oxygen atoms in total. The Labute approximate surface area is 362 Å². The lowest BCUT2D eigenvalue weighted by atomic mass is 9.87. The van der Waals surface area contributed by atoms with E-state index in [1.165, 1.54) is 49.7 Å². The van der Waals surface area contributed by atoms with Gasteiger partial charge in [-0.1, -0.05) is 212 Å². The predicted octanol–water partition coefficient (Wildman–Crippen LogP) is 16.6. The van der Waals surface area contributed by atoms with Crippen LogP contribution in [0.15, 0.2) is 255 Å². The molecular weight excluding hydrogens is 749 g/mol. The van der Waals surface area contributed by atoms with Crippen molar-refractivity contribution >= 4 is 38.9 Å². The Morgan fingerprint density at radius 1 is 0.274 bits per heavy atom.